The van der Waals surface area contributed by atoms with Crippen LogP contribution in [0.3, 0.4) is 0 Å². The first-order valence-electron chi connectivity index (χ1n) is 11.7. The second kappa shape index (κ2) is 9.85. The molecule has 5 heteroatoms. The number of hydrogen-bond donors (Lipinski definition) is 1. The van der Waals surface area contributed by atoms with Crippen molar-refractivity contribution in [1.29, 1.82) is 0 Å². The van der Waals surface area contributed by atoms with E-state index in [-0.39, 0.29) is 12.1 Å². The number of cyclic esters (lactones) is 1. The summed E-state index contributed by atoms with van der Waals surface area (Å²) in [6, 6.07) is 26.6. The highest BCUT2D eigenvalue weighted by Crippen LogP contribution is 2.42. The Balaban J connectivity index is 1.51. The third-order valence-corrected chi connectivity index (χ3v) is 7.32. The maximum absolute atomic E-state index is 13.3. The molecule has 34 heavy (non-hydrogen) atoms. The molecule has 1 aliphatic heterocycles. The van der Waals surface area contributed by atoms with Crippen LogP contribution < -0.4 is 0 Å². The van der Waals surface area contributed by atoms with E-state index in [1.807, 2.05) is 37.3 Å². The highest BCUT2D eigenvalue weighted by molar-refractivity contribution is 7.98. The van der Waals surface area contributed by atoms with Gasteiger partial charge >= 0.3 is 6.09 Å². The quantitative estimate of drug-likeness (QED) is 0.373. The molecular weight excluding hydrogens is 442 g/mol. The molecule has 0 radical (unpaired) electrons. The van der Waals surface area contributed by atoms with Crippen LogP contribution in [0.2, 0.25) is 0 Å². The third-order valence-electron chi connectivity index (χ3n) is 6.58. The van der Waals surface area contributed by atoms with Gasteiger partial charge in [-0.3, -0.25) is 0 Å². The van der Waals surface area contributed by atoms with Gasteiger partial charge in [0.1, 0.15) is 5.60 Å². The summed E-state index contributed by atoms with van der Waals surface area (Å²) in [7, 11) is 0. The normalized spacial score (nSPS) is 19.6. The van der Waals surface area contributed by atoms with E-state index in [2.05, 4.69) is 54.8 Å². The molecule has 178 valence electrons. The number of carbonyl (C=O) groups is 1. The minimum absolute atomic E-state index is 0.115. The maximum Gasteiger partial charge on any atom is 0.411 e. The Hall–Kier alpha value is -2.76. The van der Waals surface area contributed by atoms with Gasteiger partial charge in [-0.15, -0.1) is 11.8 Å². The topological polar surface area (TPSA) is 49.8 Å². The number of hydrogen-bond acceptors (Lipinski definition) is 4. The number of aliphatic hydroxyl groups is 1. The van der Waals surface area contributed by atoms with Crippen molar-refractivity contribution in [3.63, 3.8) is 0 Å². The van der Waals surface area contributed by atoms with Gasteiger partial charge in [-0.1, -0.05) is 66.7 Å². The van der Waals surface area contributed by atoms with E-state index in [0.717, 1.165) is 16.7 Å². The molecule has 4 nitrogen and oxygen atoms in total. The van der Waals surface area contributed by atoms with E-state index < -0.39 is 11.2 Å². The molecule has 1 aliphatic rings. The number of ether oxygens (including phenoxy) is 1. The lowest BCUT2D eigenvalue weighted by atomic mass is 9.80. The number of thioether (sulfide) groups is 1. The number of nitrogens with zero attached hydrogens (tertiary/aromatic N) is 1. The summed E-state index contributed by atoms with van der Waals surface area (Å²) in [4.78, 5) is 16.3. The van der Waals surface area contributed by atoms with Gasteiger partial charge in [0.05, 0.1) is 11.6 Å². The molecule has 4 rings (SSSR count). The van der Waals surface area contributed by atoms with Crippen molar-refractivity contribution in [2.75, 3.05) is 12.8 Å². The zero-order valence-electron chi connectivity index (χ0n) is 20.3. The zero-order valence-corrected chi connectivity index (χ0v) is 21.1. The van der Waals surface area contributed by atoms with Crippen LogP contribution in [0.4, 0.5) is 4.79 Å². The van der Waals surface area contributed by atoms with Gasteiger partial charge in [-0.25, -0.2) is 4.79 Å². The minimum Gasteiger partial charge on any atom is -0.438 e. The molecule has 1 heterocycles. The monoisotopic (exact) mass is 475 g/mol. The maximum atomic E-state index is 13.3. The van der Waals surface area contributed by atoms with Crippen LogP contribution >= 0.6 is 11.8 Å². The fraction of sp³-hybridized carbons (Fsp3) is 0.345. The van der Waals surface area contributed by atoms with Crippen LogP contribution in [-0.2, 0) is 10.3 Å². The van der Waals surface area contributed by atoms with Gasteiger partial charge < -0.3 is 14.7 Å². The van der Waals surface area contributed by atoms with Crippen molar-refractivity contribution in [3.05, 3.63) is 90.0 Å². The molecular formula is C29H33NO3S. The summed E-state index contributed by atoms with van der Waals surface area (Å²) in [5.74, 6) is 0. The molecule has 3 aromatic carbocycles. The van der Waals surface area contributed by atoms with E-state index in [1.165, 1.54) is 10.5 Å². The van der Waals surface area contributed by atoms with E-state index in [0.29, 0.717) is 19.4 Å². The van der Waals surface area contributed by atoms with Crippen LogP contribution in [0, 0.1) is 0 Å². The Bertz CT molecular complexity index is 1110. The SMILES string of the molecule is CSc1ccc(-c2ccc([C@H](C)N3CCC(CC(C)(C)O)(c4ccccc4)OC3=O)cc2)cc1. The van der Waals surface area contributed by atoms with Crippen LogP contribution in [0.25, 0.3) is 11.1 Å². The lowest BCUT2D eigenvalue weighted by Gasteiger charge is -2.45. The summed E-state index contributed by atoms with van der Waals surface area (Å²) in [6.07, 6.45) is 2.70. The van der Waals surface area contributed by atoms with Gasteiger partial charge in [0.2, 0.25) is 0 Å². The van der Waals surface area contributed by atoms with Crippen LogP contribution in [0.15, 0.2) is 83.8 Å². The van der Waals surface area contributed by atoms with Crippen LogP contribution in [0.1, 0.15) is 50.8 Å². The van der Waals surface area contributed by atoms with Crippen molar-refractivity contribution in [3.8, 4) is 11.1 Å². The zero-order chi connectivity index (χ0) is 24.3. The number of carbonyl (C=O) groups excluding carboxylic acids is 1. The standard InChI is InChI=1S/C29H33NO3S/c1-21(22-10-12-23(13-11-22)24-14-16-26(34-4)17-15-24)30-19-18-29(33-27(30)31,20-28(2,3)32)25-8-6-5-7-9-25/h5-17,21,32H,18-20H2,1-4H3/t21-,29?/m0/s1. The second-order valence-electron chi connectivity index (χ2n) is 9.69. The Kier molecular flexibility index (Phi) is 7.06. The van der Waals surface area contributed by atoms with Gasteiger partial charge in [0.25, 0.3) is 0 Å². The second-order valence-corrected chi connectivity index (χ2v) is 10.6. The summed E-state index contributed by atoms with van der Waals surface area (Å²) >= 11 is 1.73. The molecule has 0 aliphatic carbocycles. The summed E-state index contributed by atoms with van der Waals surface area (Å²) < 4.78 is 6.13. The van der Waals surface area contributed by atoms with E-state index in [1.54, 1.807) is 30.5 Å². The molecule has 0 saturated carbocycles. The van der Waals surface area contributed by atoms with Crippen LogP contribution in [-0.4, -0.2) is 34.5 Å². The van der Waals surface area contributed by atoms with Crippen molar-refractivity contribution in [1.82, 2.24) is 4.90 Å². The number of rotatable bonds is 7. The summed E-state index contributed by atoms with van der Waals surface area (Å²) in [5.41, 5.74) is 2.52. The molecule has 3 aromatic rings. The predicted molar refractivity (Wildman–Crippen MR) is 139 cm³/mol. The molecule has 0 bridgehead atoms. The Labute approximate surface area is 207 Å². The summed E-state index contributed by atoms with van der Waals surface area (Å²) in [6.45, 7) is 6.12. The third kappa shape index (κ3) is 5.31. The lowest BCUT2D eigenvalue weighted by Crippen LogP contribution is -2.51. The van der Waals surface area contributed by atoms with Crippen molar-refractivity contribution < 1.29 is 14.6 Å². The Morgan fingerprint density at radius 3 is 2.12 bits per heavy atom. The van der Waals surface area contributed by atoms with E-state index >= 15 is 0 Å². The predicted octanol–water partition coefficient (Wildman–Crippen LogP) is 7.04. The smallest absolute Gasteiger partial charge is 0.411 e. The lowest BCUT2D eigenvalue weighted by molar-refractivity contribution is -0.101. The molecule has 1 N–H and O–H groups in total. The van der Waals surface area contributed by atoms with Crippen molar-refractivity contribution >= 4 is 17.9 Å². The molecule has 1 amide bonds. The fourth-order valence-electron chi connectivity index (χ4n) is 4.81. The first-order valence-corrected chi connectivity index (χ1v) is 13.0. The van der Waals surface area contributed by atoms with Gasteiger partial charge in [-0.05, 0) is 61.4 Å². The molecule has 1 unspecified atom stereocenters. The largest absolute Gasteiger partial charge is 0.438 e. The van der Waals surface area contributed by atoms with Crippen LogP contribution in [0.5, 0.6) is 0 Å². The van der Waals surface area contributed by atoms with E-state index in [4.69, 9.17) is 4.74 Å². The van der Waals surface area contributed by atoms with Gasteiger partial charge in [0, 0.05) is 24.3 Å². The molecule has 2 atom stereocenters. The Morgan fingerprint density at radius 2 is 1.59 bits per heavy atom. The number of amides is 1. The first kappa shape index (κ1) is 24.4. The average Bonchev–Trinajstić information content (AvgIpc) is 2.83. The van der Waals surface area contributed by atoms with Gasteiger partial charge in [0.15, 0.2) is 0 Å². The average molecular weight is 476 g/mol. The first-order chi connectivity index (χ1) is 16.2. The molecule has 1 fully saturated rings. The number of benzene rings is 3. The molecule has 0 aromatic heterocycles. The molecule has 1 saturated heterocycles. The van der Waals surface area contributed by atoms with Crippen molar-refractivity contribution in [2.45, 2.75) is 55.8 Å². The fourth-order valence-corrected chi connectivity index (χ4v) is 5.22. The highest BCUT2D eigenvalue weighted by Gasteiger charge is 2.46. The molecule has 0 spiro atoms. The van der Waals surface area contributed by atoms with Crippen molar-refractivity contribution in [2.24, 2.45) is 0 Å². The van der Waals surface area contributed by atoms with E-state index in [9.17, 15) is 9.90 Å². The summed E-state index contributed by atoms with van der Waals surface area (Å²) in [5, 5.41) is 10.6. The Morgan fingerprint density at radius 1 is 1.00 bits per heavy atom. The van der Waals surface area contributed by atoms with Gasteiger partial charge in [-0.2, -0.15) is 0 Å². The minimum atomic E-state index is -0.965. The highest BCUT2D eigenvalue weighted by atomic mass is 32.2.